The molecule has 0 aliphatic carbocycles. The van der Waals surface area contributed by atoms with Crippen molar-refractivity contribution in [3.63, 3.8) is 0 Å². The van der Waals surface area contributed by atoms with E-state index in [0.717, 1.165) is 18.3 Å². The van der Waals surface area contributed by atoms with Gasteiger partial charge in [-0.05, 0) is 12.1 Å². The number of carbonyl (C=O) groups excluding carboxylic acids is 1. The SMILES string of the molecule is COC(OC)C(=O)Nc1cc(C(F)(F)F)ccn1. The van der Waals surface area contributed by atoms with E-state index in [1.807, 2.05) is 0 Å². The molecule has 0 aliphatic rings. The second-order valence-corrected chi connectivity index (χ2v) is 3.22. The van der Waals surface area contributed by atoms with E-state index in [1.54, 1.807) is 0 Å². The zero-order valence-electron chi connectivity index (χ0n) is 9.62. The number of hydrogen-bond acceptors (Lipinski definition) is 4. The number of amides is 1. The van der Waals surface area contributed by atoms with Gasteiger partial charge in [-0.15, -0.1) is 0 Å². The van der Waals surface area contributed by atoms with Crippen LogP contribution in [0, 0.1) is 0 Å². The second-order valence-electron chi connectivity index (χ2n) is 3.22. The summed E-state index contributed by atoms with van der Waals surface area (Å²) >= 11 is 0. The Balaban J connectivity index is 2.83. The topological polar surface area (TPSA) is 60.5 Å². The molecule has 0 aromatic carbocycles. The number of carbonyl (C=O) groups is 1. The van der Waals surface area contributed by atoms with Crippen LogP contribution >= 0.6 is 0 Å². The lowest BCUT2D eigenvalue weighted by Crippen LogP contribution is -2.31. The third kappa shape index (κ3) is 3.67. The molecule has 100 valence electrons. The van der Waals surface area contributed by atoms with E-state index >= 15 is 0 Å². The van der Waals surface area contributed by atoms with Gasteiger partial charge < -0.3 is 14.8 Å². The lowest BCUT2D eigenvalue weighted by atomic mass is 10.2. The minimum Gasteiger partial charge on any atom is -0.348 e. The number of hydrogen-bond donors (Lipinski definition) is 1. The fourth-order valence-corrected chi connectivity index (χ4v) is 1.17. The highest BCUT2D eigenvalue weighted by Gasteiger charge is 2.31. The number of pyridine rings is 1. The van der Waals surface area contributed by atoms with Crippen LogP contribution in [-0.2, 0) is 20.4 Å². The lowest BCUT2D eigenvalue weighted by molar-refractivity contribution is -0.153. The van der Waals surface area contributed by atoms with Crippen molar-refractivity contribution in [3.8, 4) is 0 Å². The summed E-state index contributed by atoms with van der Waals surface area (Å²) in [6.07, 6.45) is -4.75. The zero-order valence-corrected chi connectivity index (χ0v) is 9.62. The molecule has 0 saturated carbocycles. The Morgan fingerprint density at radius 2 is 2.00 bits per heavy atom. The van der Waals surface area contributed by atoms with Crippen LogP contribution in [-0.4, -0.2) is 31.4 Å². The molecule has 0 unspecified atom stereocenters. The fraction of sp³-hybridized carbons (Fsp3) is 0.400. The summed E-state index contributed by atoms with van der Waals surface area (Å²) in [5, 5.41) is 2.16. The van der Waals surface area contributed by atoms with E-state index < -0.39 is 23.9 Å². The predicted octanol–water partition coefficient (Wildman–Crippen LogP) is 1.66. The van der Waals surface area contributed by atoms with Crippen molar-refractivity contribution in [1.82, 2.24) is 4.98 Å². The number of nitrogens with one attached hydrogen (secondary N) is 1. The van der Waals surface area contributed by atoms with E-state index in [0.29, 0.717) is 0 Å². The van der Waals surface area contributed by atoms with Gasteiger partial charge in [-0.3, -0.25) is 4.79 Å². The van der Waals surface area contributed by atoms with Crippen LogP contribution in [0.1, 0.15) is 5.56 Å². The minimum atomic E-state index is -4.50. The number of nitrogens with zero attached hydrogens (tertiary/aromatic N) is 1. The molecule has 0 radical (unpaired) electrons. The van der Waals surface area contributed by atoms with Gasteiger partial charge in [-0.2, -0.15) is 13.2 Å². The molecule has 0 fully saturated rings. The van der Waals surface area contributed by atoms with Gasteiger partial charge in [0.2, 0.25) is 6.29 Å². The number of ether oxygens (including phenoxy) is 2. The first-order valence-corrected chi connectivity index (χ1v) is 4.78. The highest BCUT2D eigenvalue weighted by molar-refractivity contribution is 5.92. The third-order valence-electron chi connectivity index (χ3n) is 1.98. The van der Waals surface area contributed by atoms with Crippen LogP contribution in [0.15, 0.2) is 18.3 Å². The van der Waals surface area contributed by atoms with Crippen molar-refractivity contribution >= 4 is 11.7 Å². The van der Waals surface area contributed by atoms with Gasteiger partial charge in [0.05, 0.1) is 5.56 Å². The van der Waals surface area contributed by atoms with E-state index in [4.69, 9.17) is 0 Å². The average molecular weight is 264 g/mol. The molecule has 0 spiro atoms. The molecule has 18 heavy (non-hydrogen) atoms. The van der Waals surface area contributed by atoms with Crippen LogP contribution in [0.3, 0.4) is 0 Å². The van der Waals surface area contributed by atoms with Crippen LogP contribution in [0.4, 0.5) is 19.0 Å². The van der Waals surface area contributed by atoms with Crippen molar-refractivity contribution in [2.24, 2.45) is 0 Å². The first-order valence-electron chi connectivity index (χ1n) is 4.78. The molecular weight excluding hydrogens is 253 g/mol. The first-order chi connectivity index (χ1) is 8.38. The maximum atomic E-state index is 12.4. The van der Waals surface area contributed by atoms with Crippen LogP contribution in [0.25, 0.3) is 0 Å². The normalized spacial score (nSPS) is 11.7. The highest BCUT2D eigenvalue weighted by atomic mass is 19.4. The highest BCUT2D eigenvalue weighted by Crippen LogP contribution is 2.29. The lowest BCUT2D eigenvalue weighted by Gasteiger charge is -2.13. The Bertz CT molecular complexity index is 419. The summed E-state index contributed by atoms with van der Waals surface area (Å²) in [4.78, 5) is 15.1. The second kappa shape index (κ2) is 5.78. The fourth-order valence-electron chi connectivity index (χ4n) is 1.17. The molecular formula is C10H11F3N2O3. The molecule has 1 rings (SSSR count). The molecule has 1 amide bonds. The summed E-state index contributed by atoms with van der Waals surface area (Å²) in [6.45, 7) is 0. The van der Waals surface area contributed by atoms with Gasteiger partial charge >= 0.3 is 6.18 Å². The van der Waals surface area contributed by atoms with Crippen molar-refractivity contribution in [2.75, 3.05) is 19.5 Å². The van der Waals surface area contributed by atoms with Gasteiger partial charge in [-0.25, -0.2) is 4.98 Å². The van der Waals surface area contributed by atoms with E-state index in [2.05, 4.69) is 19.8 Å². The summed E-state index contributed by atoms with van der Waals surface area (Å²) in [5.41, 5.74) is -0.904. The summed E-state index contributed by atoms with van der Waals surface area (Å²) in [7, 11) is 2.46. The number of alkyl halides is 3. The summed E-state index contributed by atoms with van der Waals surface area (Å²) in [6, 6.07) is 1.53. The zero-order chi connectivity index (χ0) is 13.8. The van der Waals surface area contributed by atoms with Crippen LogP contribution in [0.5, 0.6) is 0 Å². The molecule has 1 aromatic heterocycles. The first kappa shape index (κ1) is 14.4. The standard InChI is InChI=1S/C10H11F3N2O3/c1-17-9(18-2)8(16)15-7-5-6(3-4-14-7)10(11,12)13/h3-5,9H,1-2H3,(H,14,15,16). The molecule has 0 saturated heterocycles. The molecule has 5 nitrogen and oxygen atoms in total. The Morgan fingerprint density at radius 3 is 2.50 bits per heavy atom. The van der Waals surface area contributed by atoms with E-state index in [9.17, 15) is 18.0 Å². The van der Waals surface area contributed by atoms with Crippen LogP contribution in [0.2, 0.25) is 0 Å². The number of anilines is 1. The molecule has 1 heterocycles. The molecule has 1 N–H and O–H groups in total. The van der Waals surface area contributed by atoms with Gasteiger partial charge in [0, 0.05) is 20.4 Å². The van der Waals surface area contributed by atoms with E-state index in [1.165, 1.54) is 14.2 Å². The summed E-state index contributed by atoms with van der Waals surface area (Å²) in [5.74, 6) is -0.972. The van der Waals surface area contributed by atoms with Gasteiger partial charge in [-0.1, -0.05) is 0 Å². The molecule has 0 bridgehead atoms. The minimum absolute atomic E-state index is 0.228. The van der Waals surface area contributed by atoms with Crippen molar-refractivity contribution in [3.05, 3.63) is 23.9 Å². The largest absolute Gasteiger partial charge is 0.416 e. The van der Waals surface area contributed by atoms with Crippen molar-refractivity contribution in [1.29, 1.82) is 0 Å². The van der Waals surface area contributed by atoms with Crippen LogP contribution < -0.4 is 5.32 Å². The maximum Gasteiger partial charge on any atom is 0.416 e. The Labute approximate surface area is 101 Å². The smallest absolute Gasteiger partial charge is 0.348 e. The maximum absolute atomic E-state index is 12.4. The molecule has 1 aromatic rings. The van der Waals surface area contributed by atoms with E-state index in [-0.39, 0.29) is 5.82 Å². The van der Waals surface area contributed by atoms with Crippen molar-refractivity contribution < 1.29 is 27.4 Å². The average Bonchev–Trinajstić information content (AvgIpc) is 2.29. The van der Waals surface area contributed by atoms with Gasteiger partial charge in [0.15, 0.2) is 0 Å². The van der Waals surface area contributed by atoms with Crippen molar-refractivity contribution in [2.45, 2.75) is 12.5 Å². The Morgan fingerprint density at radius 1 is 1.39 bits per heavy atom. The summed E-state index contributed by atoms with van der Waals surface area (Å²) < 4.78 is 46.5. The molecule has 0 atom stereocenters. The number of aromatic nitrogens is 1. The van der Waals surface area contributed by atoms with Gasteiger partial charge in [0.25, 0.3) is 5.91 Å². The molecule has 0 aliphatic heterocycles. The number of methoxy groups -OCH3 is 2. The number of rotatable bonds is 4. The molecule has 8 heteroatoms. The third-order valence-corrected chi connectivity index (χ3v) is 1.98. The van der Waals surface area contributed by atoms with Gasteiger partial charge in [0.1, 0.15) is 5.82 Å². The predicted molar refractivity (Wildman–Crippen MR) is 55.7 cm³/mol. The Kier molecular flexibility index (Phi) is 4.62. The monoisotopic (exact) mass is 264 g/mol. The number of halogens is 3. The Hall–Kier alpha value is -1.67. The quantitative estimate of drug-likeness (QED) is 0.840.